The smallest absolute Gasteiger partial charge is 0.417 e. The molecule has 1 saturated heterocycles. The minimum atomic E-state index is -4.40. The quantitative estimate of drug-likeness (QED) is 0.632. The van der Waals surface area contributed by atoms with Gasteiger partial charge in [0.1, 0.15) is 11.4 Å². The Balaban J connectivity index is 1.40. The van der Waals surface area contributed by atoms with E-state index in [1.807, 2.05) is 30.0 Å². The lowest BCUT2D eigenvalue weighted by Crippen LogP contribution is -2.36. The number of carbonyl (C=O) groups is 1. The van der Waals surface area contributed by atoms with Crippen LogP contribution in [0.2, 0.25) is 0 Å². The van der Waals surface area contributed by atoms with E-state index in [-0.39, 0.29) is 12.3 Å². The van der Waals surface area contributed by atoms with E-state index in [4.69, 9.17) is 4.42 Å². The second-order valence-electron chi connectivity index (χ2n) is 7.56. The maximum atomic E-state index is 12.9. The highest BCUT2D eigenvalue weighted by molar-refractivity contribution is 5.88. The summed E-state index contributed by atoms with van der Waals surface area (Å²) in [6, 6.07) is 8.34. The molecule has 0 bridgehead atoms. The largest absolute Gasteiger partial charge is 0.464 e. The molecule has 0 N–H and O–H groups in total. The summed E-state index contributed by atoms with van der Waals surface area (Å²) in [5.41, 5.74) is 1.97. The molecule has 4 rings (SSSR count). The van der Waals surface area contributed by atoms with E-state index in [9.17, 15) is 18.0 Å². The summed E-state index contributed by atoms with van der Waals surface area (Å²) in [4.78, 5) is 20.5. The Kier molecular flexibility index (Phi) is 5.40. The van der Waals surface area contributed by atoms with Crippen LogP contribution in [0.15, 0.2) is 47.2 Å². The van der Waals surface area contributed by atoms with Crippen molar-refractivity contribution in [1.82, 2.24) is 9.88 Å². The second kappa shape index (κ2) is 8.01. The Bertz CT molecular complexity index is 1040. The van der Waals surface area contributed by atoms with Crippen LogP contribution in [0.1, 0.15) is 23.1 Å². The van der Waals surface area contributed by atoms with E-state index < -0.39 is 11.7 Å². The van der Waals surface area contributed by atoms with Crippen molar-refractivity contribution in [2.75, 3.05) is 31.1 Å². The third-order valence-corrected chi connectivity index (χ3v) is 5.40. The Labute approximate surface area is 172 Å². The SMILES string of the molecule is Cc1ccc2c(CC(=O)N3CCCN(c4ccc(C(F)(F)F)cn4)CC3)coc2c1. The molecule has 2 aromatic heterocycles. The molecule has 0 atom stereocenters. The molecule has 0 radical (unpaired) electrons. The van der Waals surface area contributed by atoms with Gasteiger partial charge in [0.2, 0.25) is 5.91 Å². The summed E-state index contributed by atoms with van der Waals surface area (Å²) in [5.74, 6) is 0.508. The third-order valence-electron chi connectivity index (χ3n) is 5.40. The molecule has 8 heteroatoms. The van der Waals surface area contributed by atoms with Crippen LogP contribution >= 0.6 is 0 Å². The second-order valence-corrected chi connectivity index (χ2v) is 7.56. The summed E-state index contributed by atoms with van der Waals surface area (Å²) in [7, 11) is 0. The van der Waals surface area contributed by atoms with Crippen LogP contribution in [-0.2, 0) is 17.4 Å². The van der Waals surface area contributed by atoms with Gasteiger partial charge in [-0.3, -0.25) is 4.79 Å². The van der Waals surface area contributed by atoms with Gasteiger partial charge >= 0.3 is 6.18 Å². The highest BCUT2D eigenvalue weighted by Gasteiger charge is 2.31. The molecule has 0 spiro atoms. The molecule has 0 saturated carbocycles. The number of amides is 1. The molecule has 0 unspecified atom stereocenters. The zero-order valence-corrected chi connectivity index (χ0v) is 16.6. The number of nitrogens with zero attached hydrogens (tertiary/aromatic N) is 3. The Morgan fingerprint density at radius 2 is 1.97 bits per heavy atom. The van der Waals surface area contributed by atoms with Gasteiger partial charge in [-0.05, 0) is 37.1 Å². The highest BCUT2D eigenvalue weighted by atomic mass is 19.4. The van der Waals surface area contributed by atoms with Crippen molar-refractivity contribution in [3.63, 3.8) is 0 Å². The average Bonchev–Trinajstić information content (AvgIpc) is 2.93. The molecule has 3 aromatic rings. The van der Waals surface area contributed by atoms with Crippen LogP contribution in [-0.4, -0.2) is 42.0 Å². The molecular formula is C22H22F3N3O2. The summed E-state index contributed by atoms with van der Waals surface area (Å²) >= 11 is 0. The molecule has 1 amide bonds. The van der Waals surface area contributed by atoms with Crippen molar-refractivity contribution >= 4 is 22.7 Å². The number of aryl methyl sites for hydroxylation is 1. The maximum Gasteiger partial charge on any atom is 0.417 e. The van der Waals surface area contributed by atoms with E-state index in [0.29, 0.717) is 32.0 Å². The molecule has 5 nitrogen and oxygen atoms in total. The van der Waals surface area contributed by atoms with E-state index in [1.54, 1.807) is 11.2 Å². The molecule has 1 aliphatic heterocycles. The Hall–Kier alpha value is -3.03. The van der Waals surface area contributed by atoms with Gasteiger partial charge in [-0.1, -0.05) is 12.1 Å². The first-order chi connectivity index (χ1) is 14.3. The van der Waals surface area contributed by atoms with Crippen LogP contribution in [0.5, 0.6) is 0 Å². The van der Waals surface area contributed by atoms with Gasteiger partial charge < -0.3 is 14.2 Å². The molecule has 1 aliphatic rings. The number of carbonyl (C=O) groups excluding carboxylic acids is 1. The standard InChI is InChI=1S/C22H22F3N3O2/c1-15-3-5-18-16(14-30-19(18)11-15)12-21(29)28-8-2-7-27(9-10-28)20-6-4-17(13-26-20)22(23,24)25/h3-6,11,13-14H,2,7-10,12H2,1H3. The van der Waals surface area contributed by atoms with E-state index >= 15 is 0 Å². The van der Waals surface area contributed by atoms with Crippen molar-refractivity contribution in [1.29, 1.82) is 0 Å². The Morgan fingerprint density at radius 1 is 1.13 bits per heavy atom. The number of aromatic nitrogens is 1. The van der Waals surface area contributed by atoms with Gasteiger partial charge in [-0.25, -0.2) is 4.98 Å². The van der Waals surface area contributed by atoms with E-state index in [2.05, 4.69) is 4.98 Å². The van der Waals surface area contributed by atoms with Gasteiger partial charge in [-0.15, -0.1) is 0 Å². The zero-order chi connectivity index (χ0) is 21.3. The summed E-state index contributed by atoms with van der Waals surface area (Å²) in [5, 5.41) is 0.944. The maximum absolute atomic E-state index is 12.9. The van der Waals surface area contributed by atoms with Crippen molar-refractivity contribution < 1.29 is 22.4 Å². The summed E-state index contributed by atoms with van der Waals surface area (Å²) in [6.45, 7) is 4.24. The van der Waals surface area contributed by atoms with Crippen LogP contribution in [0.4, 0.5) is 19.0 Å². The van der Waals surface area contributed by atoms with E-state index in [1.165, 1.54) is 6.07 Å². The number of anilines is 1. The van der Waals surface area contributed by atoms with Crippen molar-refractivity contribution in [3.8, 4) is 0 Å². The fourth-order valence-corrected chi connectivity index (χ4v) is 3.74. The van der Waals surface area contributed by atoms with Crippen LogP contribution in [0, 0.1) is 6.92 Å². The summed E-state index contributed by atoms with van der Waals surface area (Å²) < 4.78 is 43.8. The first kappa shape index (κ1) is 20.3. The number of benzene rings is 1. The number of pyridine rings is 1. The molecule has 30 heavy (non-hydrogen) atoms. The number of alkyl halides is 3. The monoisotopic (exact) mass is 417 g/mol. The lowest BCUT2D eigenvalue weighted by Gasteiger charge is -2.23. The number of halogens is 3. The average molecular weight is 417 g/mol. The fourth-order valence-electron chi connectivity index (χ4n) is 3.74. The van der Waals surface area contributed by atoms with Crippen molar-refractivity contribution in [2.45, 2.75) is 25.9 Å². The lowest BCUT2D eigenvalue weighted by molar-refractivity contribution is -0.137. The van der Waals surface area contributed by atoms with Crippen molar-refractivity contribution in [2.24, 2.45) is 0 Å². The van der Waals surface area contributed by atoms with Crippen LogP contribution < -0.4 is 4.90 Å². The molecule has 1 aromatic carbocycles. The third kappa shape index (κ3) is 4.27. The molecule has 3 heterocycles. The first-order valence-corrected chi connectivity index (χ1v) is 9.84. The predicted octanol–water partition coefficient (Wildman–Crippen LogP) is 4.44. The molecule has 158 valence electrons. The number of furan rings is 1. The normalized spacial score (nSPS) is 15.5. The highest BCUT2D eigenvalue weighted by Crippen LogP contribution is 2.29. The van der Waals surface area contributed by atoms with Gasteiger partial charge in [0.25, 0.3) is 0 Å². The number of rotatable bonds is 3. The summed E-state index contributed by atoms with van der Waals surface area (Å²) in [6.07, 6.45) is -0.926. The fraction of sp³-hybridized carbons (Fsp3) is 0.364. The molecule has 0 aliphatic carbocycles. The van der Waals surface area contributed by atoms with Crippen LogP contribution in [0.3, 0.4) is 0 Å². The topological polar surface area (TPSA) is 49.6 Å². The Morgan fingerprint density at radius 3 is 2.70 bits per heavy atom. The van der Waals surface area contributed by atoms with Crippen molar-refractivity contribution in [3.05, 3.63) is 59.5 Å². The minimum absolute atomic E-state index is 0.0144. The van der Waals surface area contributed by atoms with Crippen LogP contribution in [0.25, 0.3) is 11.0 Å². The van der Waals surface area contributed by atoms with Gasteiger partial charge in [0.15, 0.2) is 0 Å². The number of fused-ring (bicyclic) bond motifs is 1. The number of hydrogen-bond donors (Lipinski definition) is 0. The van der Waals surface area contributed by atoms with Gasteiger partial charge in [-0.2, -0.15) is 13.2 Å². The molecule has 1 fully saturated rings. The van der Waals surface area contributed by atoms with Gasteiger partial charge in [0, 0.05) is 43.3 Å². The molecular weight excluding hydrogens is 395 g/mol. The van der Waals surface area contributed by atoms with E-state index in [0.717, 1.165) is 40.8 Å². The van der Waals surface area contributed by atoms with Gasteiger partial charge in [0.05, 0.1) is 18.2 Å². The predicted molar refractivity (Wildman–Crippen MR) is 107 cm³/mol. The first-order valence-electron chi connectivity index (χ1n) is 9.84. The minimum Gasteiger partial charge on any atom is -0.464 e. The lowest BCUT2D eigenvalue weighted by atomic mass is 10.1. The zero-order valence-electron chi connectivity index (χ0n) is 16.6. The number of hydrogen-bond acceptors (Lipinski definition) is 4.